The van der Waals surface area contributed by atoms with Crippen molar-refractivity contribution in [3.63, 3.8) is 0 Å². The Bertz CT molecular complexity index is 947. The van der Waals surface area contributed by atoms with Gasteiger partial charge in [0.1, 0.15) is 24.2 Å². The number of esters is 1. The molecule has 7 heteroatoms. The number of rotatable bonds is 3. The number of ether oxygens (including phenoxy) is 1. The fourth-order valence-electron chi connectivity index (χ4n) is 2.22. The molecule has 0 saturated heterocycles. The van der Waals surface area contributed by atoms with Crippen LogP contribution in [-0.4, -0.2) is 11.1 Å². The molecule has 0 saturated carbocycles. The third kappa shape index (κ3) is 3.52. The molecule has 124 valence electrons. The molecule has 0 fully saturated rings. The molecule has 1 aliphatic heterocycles. The predicted octanol–water partition coefficient (Wildman–Crippen LogP) is 4.04. The summed E-state index contributed by atoms with van der Waals surface area (Å²) < 4.78 is 18.6. The Labute approximate surface area is 148 Å². The van der Waals surface area contributed by atoms with Crippen LogP contribution in [-0.2, 0) is 16.1 Å². The van der Waals surface area contributed by atoms with Crippen LogP contribution in [0.4, 0.5) is 15.8 Å². The number of nitrogens with one attached hydrogen (secondary N) is 1. The Morgan fingerprint density at radius 2 is 1.96 bits per heavy atom. The number of anilines is 1. The van der Waals surface area contributed by atoms with Crippen LogP contribution in [0.1, 0.15) is 5.56 Å². The number of halogens is 2. The molecule has 2 aromatic carbocycles. The lowest BCUT2D eigenvalue weighted by Crippen LogP contribution is -2.19. The highest BCUT2D eigenvalue weighted by Crippen LogP contribution is 2.32. The first-order valence-corrected chi connectivity index (χ1v) is 7.63. The summed E-state index contributed by atoms with van der Waals surface area (Å²) in [4.78, 5) is 16.4. The Morgan fingerprint density at radius 1 is 1.24 bits per heavy atom. The number of hydrogen-bond donors (Lipinski definition) is 1. The Hall–Kier alpha value is -3.17. The van der Waals surface area contributed by atoms with Gasteiger partial charge in [-0.05, 0) is 18.2 Å². The number of carbonyl (C=O) groups is 1. The second-order valence-corrected chi connectivity index (χ2v) is 5.43. The quantitative estimate of drug-likeness (QED) is 0.512. The second-order valence-electron chi connectivity index (χ2n) is 5.07. The molecule has 25 heavy (non-hydrogen) atoms. The zero-order valence-corrected chi connectivity index (χ0v) is 13.5. The van der Waals surface area contributed by atoms with Gasteiger partial charge in [0.2, 0.25) is 0 Å². The van der Waals surface area contributed by atoms with Crippen molar-refractivity contribution in [1.82, 2.24) is 0 Å². The van der Waals surface area contributed by atoms with E-state index in [4.69, 9.17) is 16.3 Å². The van der Waals surface area contributed by atoms with E-state index >= 15 is 0 Å². The molecule has 1 heterocycles. The topological polar surface area (TPSA) is 74.5 Å². The number of nitriles is 1. The van der Waals surface area contributed by atoms with Crippen molar-refractivity contribution in [2.24, 2.45) is 4.99 Å². The normalized spacial score (nSPS) is 14.5. The predicted molar refractivity (Wildman–Crippen MR) is 91.8 cm³/mol. The van der Waals surface area contributed by atoms with Crippen molar-refractivity contribution < 1.29 is 13.9 Å². The van der Waals surface area contributed by atoms with Gasteiger partial charge in [-0.1, -0.05) is 41.9 Å². The van der Waals surface area contributed by atoms with E-state index in [1.54, 1.807) is 36.4 Å². The van der Waals surface area contributed by atoms with Gasteiger partial charge in [0, 0.05) is 5.56 Å². The molecule has 0 aliphatic carbocycles. The first-order valence-electron chi connectivity index (χ1n) is 7.25. The number of carbonyl (C=O) groups excluding carboxylic acids is 1. The van der Waals surface area contributed by atoms with E-state index in [9.17, 15) is 14.4 Å². The number of allylic oxidation sites excluding steroid dienone is 1. The summed E-state index contributed by atoms with van der Waals surface area (Å²) in [5.74, 6) is -1.41. The van der Waals surface area contributed by atoms with Crippen LogP contribution in [0.3, 0.4) is 0 Å². The first-order chi connectivity index (χ1) is 12.1. The van der Waals surface area contributed by atoms with Crippen LogP contribution < -0.4 is 5.32 Å². The largest absolute Gasteiger partial charge is 0.457 e. The number of fused-ring (bicyclic) bond motifs is 1. The van der Waals surface area contributed by atoms with Crippen molar-refractivity contribution in [2.75, 3.05) is 5.32 Å². The van der Waals surface area contributed by atoms with E-state index in [0.717, 1.165) is 0 Å². The van der Waals surface area contributed by atoms with E-state index < -0.39 is 11.8 Å². The number of para-hydroxylation sites is 2. The molecule has 0 spiro atoms. The van der Waals surface area contributed by atoms with Gasteiger partial charge in [0.15, 0.2) is 10.7 Å². The van der Waals surface area contributed by atoms with Crippen LogP contribution in [0, 0.1) is 17.1 Å². The third-order valence-corrected chi connectivity index (χ3v) is 3.74. The van der Waals surface area contributed by atoms with E-state index in [1.807, 2.05) is 0 Å². The molecule has 1 aliphatic rings. The molecule has 1 N–H and O–H groups in total. The maximum absolute atomic E-state index is 13.6. The summed E-state index contributed by atoms with van der Waals surface area (Å²) in [6.07, 6.45) is 0. The van der Waals surface area contributed by atoms with Gasteiger partial charge in [-0.15, -0.1) is 0 Å². The fraction of sp³-hybridized carbons (Fsp3) is 0.0556. The lowest BCUT2D eigenvalue weighted by Gasteiger charge is -2.18. The van der Waals surface area contributed by atoms with Crippen molar-refractivity contribution >= 4 is 34.1 Å². The van der Waals surface area contributed by atoms with E-state index in [1.165, 1.54) is 18.2 Å². The molecule has 3 rings (SSSR count). The molecule has 0 radical (unpaired) electrons. The Kier molecular flexibility index (Phi) is 4.78. The van der Waals surface area contributed by atoms with Crippen molar-refractivity contribution in [3.8, 4) is 6.07 Å². The fourth-order valence-corrected chi connectivity index (χ4v) is 2.46. The van der Waals surface area contributed by atoms with Crippen molar-refractivity contribution in [2.45, 2.75) is 6.61 Å². The SMILES string of the molecule is N#CC(C(=O)OCc1ccccc1F)=C1Nc2ccccc2N=C1Cl. The van der Waals surface area contributed by atoms with Crippen LogP contribution >= 0.6 is 11.6 Å². The van der Waals surface area contributed by atoms with Gasteiger partial charge < -0.3 is 10.1 Å². The highest BCUT2D eigenvalue weighted by atomic mass is 35.5. The van der Waals surface area contributed by atoms with Gasteiger partial charge in [-0.3, -0.25) is 0 Å². The van der Waals surface area contributed by atoms with Crippen LogP contribution in [0.25, 0.3) is 0 Å². The van der Waals surface area contributed by atoms with Crippen LogP contribution in [0.2, 0.25) is 0 Å². The summed E-state index contributed by atoms with van der Waals surface area (Å²) in [6, 6.07) is 14.7. The van der Waals surface area contributed by atoms with E-state index in [2.05, 4.69) is 10.3 Å². The minimum Gasteiger partial charge on any atom is -0.457 e. The molecule has 0 bridgehead atoms. The minimum absolute atomic E-state index is 0.0295. The zero-order valence-electron chi connectivity index (χ0n) is 12.8. The standard InChI is InChI=1S/C18H11ClFN3O2/c19-17-16(22-14-7-3-4-8-15(14)23-17)12(9-21)18(24)25-10-11-5-1-2-6-13(11)20/h1-8,22H,10H2. The highest BCUT2D eigenvalue weighted by Gasteiger charge is 2.24. The maximum atomic E-state index is 13.6. The van der Waals surface area contributed by atoms with Gasteiger partial charge in [0.05, 0.1) is 11.4 Å². The second kappa shape index (κ2) is 7.16. The van der Waals surface area contributed by atoms with Crippen LogP contribution in [0.15, 0.2) is 64.8 Å². The number of hydrogen-bond acceptors (Lipinski definition) is 5. The maximum Gasteiger partial charge on any atom is 0.351 e. The van der Waals surface area contributed by atoms with Gasteiger partial charge in [-0.25, -0.2) is 14.2 Å². The van der Waals surface area contributed by atoms with Crippen LogP contribution in [0.5, 0.6) is 0 Å². The summed E-state index contributed by atoms with van der Waals surface area (Å²) in [5, 5.41) is 12.2. The summed E-state index contributed by atoms with van der Waals surface area (Å²) in [7, 11) is 0. The molecular formula is C18H11ClFN3O2. The number of aliphatic imine (C=N–C) groups is 1. The summed E-state index contributed by atoms with van der Waals surface area (Å²) in [5.41, 5.74) is 1.13. The van der Waals surface area contributed by atoms with Gasteiger partial charge in [0.25, 0.3) is 0 Å². The monoisotopic (exact) mass is 355 g/mol. The lowest BCUT2D eigenvalue weighted by molar-refractivity contribution is -0.139. The molecule has 0 atom stereocenters. The minimum atomic E-state index is -0.916. The van der Waals surface area contributed by atoms with Crippen molar-refractivity contribution in [1.29, 1.82) is 5.26 Å². The highest BCUT2D eigenvalue weighted by molar-refractivity contribution is 6.70. The average Bonchev–Trinajstić information content (AvgIpc) is 2.62. The first kappa shape index (κ1) is 16.7. The molecular weight excluding hydrogens is 345 g/mol. The van der Waals surface area contributed by atoms with Gasteiger partial charge in [-0.2, -0.15) is 5.26 Å². The number of nitrogens with zero attached hydrogens (tertiary/aromatic N) is 2. The van der Waals surface area contributed by atoms with E-state index in [-0.39, 0.29) is 28.6 Å². The van der Waals surface area contributed by atoms with Crippen molar-refractivity contribution in [3.05, 3.63) is 71.2 Å². The average molecular weight is 356 g/mol. The van der Waals surface area contributed by atoms with Gasteiger partial charge >= 0.3 is 5.97 Å². The Balaban J connectivity index is 1.85. The molecule has 5 nitrogen and oxygen atoms in total. The summed E-state index contributed by atoms with van der Waals surface area (Å²) in [6.45, 7) is -0.296. The molecule has 0 amide bonds. The Morgan fingerprint density at radius 3 is 2.72 bits per heavy atom. The molecule has 0 aromatic heterocycles. The van der Waals surface area contributed by atoms with E-state index in [0.29, 0.717) is 11.4 Å². The summed E-state index contributed by atoms with van der Waals surface area (Å²) >= 11 is 6.08. The number of benzene rings is 2. The zero-order chi connectivity index (χ0) is 17.8. The molecule has 2 aromatic rings. The lowest BCUT2D eigenvalue weighted by atomic mass is 10.1. The third-order valence-electron chi connectivity index (χ3n) is 3.47. The smallest absolute Gasteiger partial charge is 0.351 e. The molecule has 0 unspecified atom stereocenters.